The van der Waals surface area contributed by atoms with Crippen LogP contribution in [-0.4, -0.2) is 16.2 Å². The molecule has 5 heteroatoms. The van der Waals surface area contributed by atoms with Crippen molar-refractivity contribution in [3.63, 3.8) is 0 Å². The minimum Gasteiger partial charge on any atom is -0.507 e. The lowest BCUT2D eigenvalue weighted by atomic mass is 10.1. The summed E-state index contributed by atoms with van der Waals surface area (Å²) in [4.78, 5) is 12.1. The van der Waals surface area contributed by atoms with Crippen molar-refractivity contribution in [1.82, 2.24) is 10.5 Å². The van der Waals surface area contributed by atoms with Crippen LogP contribution in [0.4, 0.5) is 0 Å². The molecular formula is C15H12N2O3. The lowest BCUT2D eigenvalue weighted by molar-refractivity contribution is 0.0944. The van der Waals surface area contributed by atoms with Gasteiger partial charge in [0.2, 0.25) is 0 Å². The van der Waals surface area contributed by atoms with E-state index >= 15 is 0 Å². The molecule has 0 aliphatic rings. The highest BCUT2D eigenvalue weighted by Crippen LogP contribution is 2.24. The molecule has 0 saturated heterocycles. The molecule has 0 radical (unpaired) electrons. The van der Waals surface area contributed by atoms with Gasteiger partial charge in [0, 0.05) is 6.07 Å². The molecule has 1 heterocycles. The van der Waals surface area contributed by atoms with Crippen LogP contribution >= 0.6 is 0 Å². The molecule has 0 saturated carbocycles. The van der Waals surface area contributed by atoms with E-state index in [0.717, 1.165) is 10.8 Å². The lowest BCUT2D eigenvalue weighted by Crippen LogP contribution is -2.22. The van der Waals surface area contributed by atoms with Crippen molar-refractivity contribution in [2.45, 2.75) is 6.54 Å². The first-order valence-corrected chi connectivity index (χ1v) is 6.13. The number of nitrogens with zero attached hydrogens (tertiary/aromatic N) is 1. The van der Waals surface area contributed by atoms with E-state index in [1.165, 1.54) is 6.20 Å². The van der Waals surface area contributed by atoms with Crippen molar-refractivity contribution in [2.24, 2.45) is 0 Å². The molecule has 2 aromatic carbocycles. The number of phenols is 1. The Bertz CT molecular complexity index is 751. The largest absolute Gasteiger partial charge is 0.507 e. The number of aromatic hydroxyl groups is 1. The van der Waals surface area contributed by atoms with Crippen molar-refractivity contribution in [2.75, 3.05) is 0 Å². The fourth-order valence-corrected chi connectivity index (χ4v) is 2.01. The first kappa shape index (κ1) is 12.2. The normalized spacial score (nSPS) is 10.6. The average molecular weight is 268 g/mol. The maximum absolute atomic E-state index is 12.1. The van der Waals surface area contributed by atoms with E-state index in [9.17, 15) is 9.90 Å². The number of nitrogens with one attached hydrogen (secondary N) is 1. The summed E-state index contributed by atoms with van der Waals surface area (Å²) >= 11 is 0. The average Bonchev–Trinajstić information content (AvgIpc) is 2.97. The minimum absolute atomic E-state index is 0.0428. The summed E-state index contributed by atoms with van der Waals surface area (Å²) in [5, 5.41) is 18.0. The Labute approximate surface area is 114 Å². The van der Waals surface area contributed by atoms with Crippen molar-refractivity contribution in [3.8, 4) is 5.75 Å². The smallest absolute Gasteiger partial charge is 0.255 e. The van der Waals surface area contributed by atoms with Crippen LogP contribution in [0.1, 0.15) is 16.1 Å². The molecule has 0 atom stereocenters. The van der Waals surface area contributed by atoms with Crippen LogP contribution in [-0.2, 0) is 6.54 Å². The SMILES string of the molecule is O=C(NCc1ccno1)c1cc2ccccc2cc1O. The Morgan fingerprint density at radius 3 is 2.65 bits per heavy atom. The van der Waals surface area contributed by atoms with Gasteiger partial charge >= 0.3 is 0 Å². The molecule has 0 fully saturated rings. The van der Waals surface area contributed by atoms with E-state index in [1.54, 1.807) is 18.2 Å². The molecule has 100 valence electrons. The predicted molar refractivity (Wildman–Crippen MR) is 73.3 cm³/mol. The number of fused-ring (bicyclic) bond motifs is 1. The van der Waals surface area contributed by atoms with Crippen LogP contribution in [0.15, 0.2) is 53.2 Å². The van der Waals surface area contributed by atoms with Crippen molar-refractivity contribution in [3.05, 3.63) is 60.0 Å². The number of aromatic nitrogens is 1. The third-order valence-corrected chi connectivity index (χ3v) is 3.02. The van der Waals surface area contributed by atoms with E-state index in [-0.39, 0.29) is 23.8 Å². The van der Waals surface area contributed by atoms with Gasteiger partial charge in [0.15, 0.2) is 5.76 Å². The first-order chi connectivity index (χ1) is 9.74. The quantitative estimate of drug-likeness (QED) is 0.765. The molecule has 2 N–H and O–H groups in total. The molecule has 0 aliphatic heterocycles. The van der Waals surface area contributed by atoms with Crippen molar-refractivity contribution in [1.29, 1.82) is 0 Å². The second-order valence-corrected chi connectivity index (χ2v) is 4.38. The van der Waals surface area contributed by atoms with E-state index in [1.807, 2.05) is 24.3 Å². The van der Waals surface area contributed by atoms with Gasteiger partial charge in [-0.05, 0) is 22.9 Å². The van der Waals surface area contributed by atoms with Crippen molar-refractivity contribution >= 4 is 16.7 Å². The summed E-state index contributed by atoms with van der Waals surface area (Å²) in [6.45, 7) is 0.227. The number of amides is 1. The molecule has 1 amide bonds. The summed E-state index contributed by atoms with van der Waals surface area (Å²) in [7, 11) is 0. The highest BCUT2D eigenvalue weighted by Gasteiger charge is 2.12. The van der Waals surface area contributed by atoms with Gasteiger partial charge in [0.05, 0.1) is 18.3 Å². The number of hydrogen-bond donors (Lipinski definition) is 2. The zero-order valence-electron chi connectivity index (χ0n) is 10.5. The Balaban J connectivity index is 1.85. The fraction of sp³-hybridized carbons (Fsp3) is 0.0667. The van der Waals surface area contributed by atoms with E-state index in [0.29, 0.717) is 5.76 Å². The van der Waals surface area contributed by atoms with Gasteiger partial charge in [-0.3, -0.25) is 4.79 Å². The molecule has 0 aliphatic carbocycles. The number of hydrogen-bond acceptors (Lipinski definition) is 4. The van der Waals surface area contributed by atoms with Gasteiger partial charge in [-0.15, -0.1) is 0 Å². The van der Waals surface area contributed by atoms with Gasteiger partial charge in [0.25, 0.3) is 5.91 Å². The maximum Gasteiger partial charge on any atom is 0.255 e. The molecule has 1 aromatic heterocycles. The first-order valence-electron chi connectivity index (χ1n) is 6.13. The number of rotatable bonds is 3. The molecule has 0 spiro atoms. The van der Waals surface area contributed by atoms with Crippen LogP contribution in [0.25, 0.3) is 10.8 Å². The zero-order valence-corrected chi connectivity index (χ0v) is 10.5. The summed E-state index contributed by atoms with van der Waals surface area (Å²) in [6, 6.07) is 12.5. The van der Waals surface area contributed by atoms with Crippen LogP contribution in [0.3, 0.4) is 0 Å². The number of carbonyl (C=O) groups excluding carboxylic acids is 1. The Kier molecular flexibility index (Phi) is 3.09. The Morgan fingerprint density at radius 2 is 1.95 bits per heavy atom. The van der Waals surface area contributed by atoms with E-state index in [4.69, 9.17) is 4.52 Å². The monoisotopic (exact) mass is 268 g/mol. The molecule has 0 bridgehead atoms. The highest BCUT2D eigenvalue weighted by atomic mass is 16.5. The third-order valence-electron chi connectivity index (χ3n) is 3.02. The van der Waals surface area contributed by atoms with E-state index < -0.39 is 0 Å². The van der Waals surface area contributed by atoms with Crippen molar-refractivity contribution < 1.29 is 14.4 Å². The van der Waals surface area contributed by atoms with Gasteiger partial charge in [-0.2, -0.15) is 0 Å². The minimum atomic E-state index is -0.357. The van der Waals surface area contributed by atoms with Crippen LogP contribution in [0, 0.1) is 0 Å². The summed E-state index contributed by atoms with van der Waals surface area (Å²) < 4.78 is 4.89. The maximum atomic E-state index is 12.1. The molecule has 0 unspecified atom stereocenters. The molecule has 3 rings (SSSR count). The Morgan fingerprint density at radius 1 is 1.20 bits per heavy atom. The summed E-state index contributed by atoms with van der Waals surface area (Å²) in [6.07, 6.45) is 1.51. The summed E-state index contributed by atoms with van der Waals surface area (Å²) in [5.41, 5.74) is 0.239. The standard InChI is InChI=1S/C15H12N2O3/c18-14-8-11-4-2-1-3-10(11)7-13(14)15(19)16-9-12-5-6-17-20-12/h1-8,18H,9H2,(H,16,19). The number of benzene rings is 2. The second-order valence-electron chi connectivity index (χ2n) is 4.38. The van der Waals surface area contributed by atoms with Crippen LogP contribution in [0.2, 0.25) is 0 Å². The van der Waals surface area contributed by atoms with Crippen LogP contribution in [0.5, 0.6) is 5.75 Å². The second kappa shape index (κ2) is 5.05. The number of phenolic OH excluding ortho intramolecular Hbond substituents is 1. The molecule has 3 aromatic rings. The zero-order chi connectivity index (χ0) is 13.9. The van der Waals surface area contributed by atoms with E-state index in [2.05, 4.69) is 10.5 Å². The van der Waals surface area contributed by atoms with Crippen LogP contribution < -0.4 is 5.32 Å². The lowest BCUT2D eigenvalue weighted by Gasteiger charge is -2.07. The topological polar surface area (TPSA) is 75.4 Å². The van der Waals surface area contributed by atoms with Gasteiger partial charge < -0.3 is 14.9 Å². The summed E-state index contributed by atoms with van der Waals surface area (Å²) in [5.74, 6) is 0.155. The number of carbonyl (C=O) groups is 1. The highest BCUT2D eigenvalue weighted by molar-refractivity contribution is 6.01. The molecular weight excluding hydrogens is 256 g/mol. The third kappa shape index (κ3) is 2.33. The van der Waals surface area contributed by atoms with Gasteiger partial charge in [0.1, 0.15) is 5.75 Å². The predicted octanol–water partition coefficient (Wildman–Crippen LogP) is 2.46. The fourth-order valence-electron chi connectivity index (χ4n) is 2.01. The molecule has 5 nitrogen and oxygen atoms in total. The Hall–Kier alpha value is -2.82. The molecule has 20 heavy (non-hydrogen) atoms. The van der Waals surface area contributed by atoms with Gasteiger partial charge in [-0.1, -0.05) is 29.4 Å². The van der Waals surface area contributed by atoms with Gasteiger partial charge in [-0.25, -0.2) is 0 Å².